The van der Waals surface area contributed by atoms with E-state index in [0.29, 0.717) is 18.0 Å². The van der Waals surface area contributed by atoms with Gasteiger partial charge in [-0.25, -0.2) is 0 Å². The molecule has 0 unspecified atom stereocenters. The summed E-state index contributed by atoms with van der Waals surface area (Å²) in [6.45, 7) is 2.41. The summed E-state index contributed by atoms with van der Waals surface area (Å²) >= 11 is 5.83. The van der Waals surface area contributed by atoms with E-state index in [1.54, 1.807) is 6.07 Å². The maximum Gasteiger partial charge on any atom is 0.288 e. The number of ether oxygens (including phenoxy) is 1. The van der Waals surface area contributed by atoms with E-state index in [1.807, 2.05) is 19.1 Å². The van der Waals surface area contributed by atoms with Gasteiger partial charge in [0.1, 0.15) is 16.5 Å². The number of nitrogens with zero attached hydrogens (tertiary/aromatic N) is 1. The topological polar surface area (TPSA) is 78.4 Å². The predicted molar refractivity (Wildman–Crippen MR) is 77.3 cm³/mol. The number of rotatable bonds is 4. The average Bonchev–Trinajstić information content (AvgIpc) is 2.38. The summed E-state index contributed by atoms with van der Waals surface area (Å²) in [7, 11) is 0. The van der Waals surface area contributed by atoms with Crippen LogP contribution < -0.4 is 10.5 Å². The van der Waals surface area contributed by atoms with Crippen molar-refractivity contribution in [1.82, 2.24) is 0 Å². The second kappa shape index (κ2) is 5.90. The number of benzene rings is 2. The van der Waals surface area contributed by atoms with E-state index in [0.717, 1.165) is 11.1 Å². The molecule has 20 heavy (non-hydrogen) atoms. The third kappa shape index (κ3) is 3.07. The molecule has 0 aromatic heterocycles. The number of nitro benzene ring substituents is 1. The molecule has 0 atom stereocenters. The van der Waals surface area contributed by atoms with Crippen LogP contribution >= 0.6 is 11.6 Å². The first-order chi connectivity index (χ1) is 9.51. The Morgan fingerprint density at radius 3 is 2.45 bits per heavy atom. The molecule has 0 fully saturated rings. The Bertz CT molecular complexity index is 659. The van der Waals surface area contributed by atoms with Crippen LogP contribution in [0.2, 0.25) is 5.02 Å². The fraction of sp³-hybridized carbons (Fsp3) is 0.143. The monoisotopic (exact) mass is 292 g/mol. The lowest BCUT2D eigenvalue weighted by Crippen LogP contribution is -1.99. The Morgan fingerprint density at radius 1 is 1.25 bits per heavy atom. The van der Waals surface area contributed by atoms with Gasteiger partial charge in [0.2, 0.25) is 0 Å². The van der Waals surface area contributed by atoms with Gasteiger partial charge >= 0.3 is 0 Å². The van der Waals surface area contributed by atoms with Crippen molar-refractivity contribution < 1.29 is 9.66 Å². The summed E-state index contributed by atoms with van der Waals surface area (Å²) in [6.07, 6.45) is 0. The zero-order valence-electron chi connectivity index (χ0n) is 10.8. The first-order valence-electron chi connectivity index (χ1n) is 5.92. The minimum absolute atomic E-state index is 0.0443. The first-order valence-corrected chi connectivity index (χ1v) is 6.30. The summed E-state index contributed by atoms with van der Waals surface area (Å²) in [6, 6.07) is 9.79. The molecule has 0 aliphatic carbocycles. The van der Waals surface area contributed by atoms with Crippen molar-refractivity contribution in [1.29, 1.82) is 0 Å². The van der Waals surface area contributed by atoms with Crippen molar-refractivity contribution >= 4 is 17.3 Å². The Morgan fingerprint density at radius 2 is 1.90 bits per heavy atom. The Kier molecular flexibility index (Phi) is 4.22. The lowest BCUT2D eigenvalue weighted by molar-refractivity contribution is -0.384. The molecular weight excluding hydrogens is 280 g/mol. The predicted octanol–water partition coefficient (Wildman–Crippen LogP) is 3.81. The van der Waals surface area contributed by atoms with Crippen LogP contribution in [-0.4, -0.2) is 4.92 Å². The minimum atomic E-state index is -0.535. The second-order valence-corrected chi connectivity index (χ2v) is 4.67. The summed E-state index contributed by atoms with van der Waals surface area (Å²) in [5.41, 5.74) is 7.52. The molecular formula is C14H13ClN2O3. The van der Waals surface area contributed by atoms with Gasteiger partial charge in [0.25, 0.3) is 5.69 Å². The molecule has 0 aliphatic heterocycles. The smallest absolute Gasteiger partial charge is 0.288 e. The highest BCUT2D eigenvalue weighted by molar-refractivity contribution is 6.32. The molecule has 0 aliphatic rings. The van der Waals surface area contributed by atoms with E-state index >= 15 is 0 Å². The molecule has 2 aromatic rings. The summed E-state index contributed by atoms with van der Waals surface area (Å²) in [5, 5.41) is 10.7. The average molecular weight is 293 g/mol. The standard InChI is InChI=1S/C14H13ClN2O3/c1-9-6-11(3-2-10(9)8-16)20-12-4-5-14(17(18)19)13(15)7-12/h2-7H,8,16H2,1H3. The largest absolute Gasteiger partial charge is 0.457 e. The summed E-state index contributed by atoms with van der Waals surface area (Å²) in [4.78, 5) is 10.1. The zero-order chi connectivity index (χ0) is 14.7. The summed E-state index contributed by atoms with van der Waals surface area (Å²) in [5.74, 6) is 1.07. The van der Waals surface area contributed by atoms with Crippen LogP contribution in [0.25, 0.3) is 0 Å². The molecule has 2 aromatic carbocycles. The van der Waals surface area contributed by atoms with E-state index in [4.69, 9.17) is 22.1 Å². The maximum atomic E-state index is 10.7. The van der Waals surface area contributed by atoms with Crippen LogP contribution in [0.15, 0.2) is 36.4 Å². The lowest BCUT2D eigenvalue weighted by atomic mass is 10.1. The molecule has 0 amide bonds. The van der Waals surface area contributed by atoms with E-state index in [-0.39, 0.29) is 10.7 Å². The molecule has 2 N–H and O–H groups in total. The molecule has 5 nitrogen and oxygen atoms in total. The van der Waals surface area contributed by atoms with Crippen molar-refractivity contribution in [3.8, 4) is 11.5 Å². The van der Waals surface area contributed by atoms with Crippen LogP contribution in [0.1, 0.15) is 11.1 Å². The van der Waals surface area contributed by atoms with Gasteiger partial charge < -0.3 is 10.5 Å². The lowest BCUT2D eigenvalue weighted by Gasteiger charge is -2.09. The Labute approximate surface area is 121 Å². The highest BCUT2D eigenvalue weighted by atomic mass is 35.5. The van der Waals surface area contributed by atoms with Crippen LogP contribution in [-0.2, 0) is 6.54 Å². The van der Waals surface area contributed by atoms with Crippen LogP contribution in [0.4, 0.5) is 5.69 Å². The molecule has 104 valence electrons. The highest BCUT2D eigenvalue weighted by Crippen LogP contribution is 2.31. The van der Waals surface area contributed by atoms with E-state index < -0.39 is 4.92 Å². The molecule has 0 bridgehead atoms. The minimum Gasteiger partial charge on any atom is -0.457 e. The number of hydrogen-bond donors (Lipinski definition) is 1. The van der Waals surface area contributed by atoms with Gasteiger partial charge in [-0.2, -0.15) is 0 Å². The number of halogens is 1. The molecule has 6 heteroatoms. The number of nitrogens with two attached hydrogens (primary N) is 1. The van der Waals surface area contributed by atoms with Crippen molar-refractivity contribution in [3.05, 3.63) is 62.7 Å². The normalized spacial score (nSPS) is 10.3. The van der Waals surface area contributed by atoms with Crippen molar-refractivity contribution in [2.45, 2.75) is 13.5 Å². The molecule has 0 saturated heterocycles. The first kappa shape index (κ1) is 14.3. The van der Waals surface area contributed by atoms with E-state index in [1.165, 1.54) is 18.2 Å². The van der Waals surface area contributed by atoms with E-state index in [9.17, 15) is 10.1 Å². The molecule has 0 saturated carbocycles. The van der Waals surface area contributed by atoms with Crippen molar-refractivity contribution in [2.24, 2.45) is 5.73 Å². The van der Waals surface area contributed by atoms with Gasteiger partial charge in [-0.1, -0.05) is 17.7 Å². The third-order valence-electron chi connectivity index (χ3n) is 2.89. The van der Waals surface area contributed by atoms with Crippen LogP contribution in [0.5, 0.6) is 11.5 Å². The third-order valence-corrected chi connectivity index (χ3v) is 3.19. The van der Waals surface area contributed by atoms with Gasteiger partial charge in [-0.15, -0.1) is 0 Å². The van der Waals surface area contributed by atoms with Gasteiger partial charge in [0, 0.05) is 18.7 Å². The number of nitro groups is 1. The molecule has 0 heterocycles. The van der Waals surface area contributed by atoms with Gasteiger partial charge in [0.05, 0.1) is 4.92 Å². The quantitative estimate of drug-likeness (QED) is 0.686. The molecule has 0 spiro atoms. The summed E-state index contributed by atoms with van der Waals surface area (Å²) < 4.78 is 5.63. The number of hydrogen-bond acceptors (Lipinski definition) is 4. The highest BCUT2D eigenvalue weighted by Gasteiger charge is 2.13. The second-order valence-electron chi connectivity index (χ2n) is 4.26. The maximum absolute atomic E-state index is 10.7. The number of aryl methyl sites for hydroxylation is 1. The fourth-order valence-corrected chi connectivity index (χ4v) is 2.04. The van der Waals surface area contributed by atoms with Crippen LogP contribution in [0, 0.1) is 17.0 Å². The van der Waals surface area contributed by atoms with Gasteiger partial charge in [-0.3, -0.25) is 10.1 Å². The molecule has 2 rings (SSSR count). The Hall–Kier alpha value is -2.11. The Balaban J connectivity index is 2.24. The SMILES string of the molecule is Cc1cc(Oc2ccc([N+](=O)[O-])c(Cl)c2)ccc1CN. The van der Waals surface area contributed by atoms with Gasteiger partial charge in [0.15, 0.2) is 0 Å². The van der Waals surface area contributed by atoms with Gasteiger partial charge in [-0.05, 0) is 36.2 Å². The van der Waals surface area contributed by atoms with Crippen molar-refractivity contribution in [2.75, 3.05) is 0 Å². The van der Waals surface area contributed by atoms with Crippen molar-refractivity contribution in [3.63, 3.8) is 0 Å². The molecule has 0 radical (unpaired) electrons. The van der Waals surface area contributed by atoms with E-state index in [2.05, 4.69) is 0 Å². The zero-order valence-corrected chi connectivity index (χ0v) is 11.6. The van der Waals surface area contributed by atoms with Crippen LogP contribution in [0.3, 0.4) is 0 Å². The fourth-order valence-electron chi connectivity index (χ4n) is 1.80.